The zero-order valence-corrected chi connectivity index (χ0v) is 17.6. The molecule has 1 heterocycles. The molecule has 10 nitrogen and oxygen atoms in total. The number of amides is 4. The van der Waals surface area contributed by atoms with Gasteiger partial charge in [0.1, 0.15) is 18.4 Å². The Kier molecular flexibility index (Phi) is 9.73. The Bertz CT molecular complexity index is 622. The number of likely N-dealkylation sites (tertiary alicyclic amines) is 1. The predicted molar refractivity (Wildman–Crippen MR) is 106 cm³/mol. The molecule has 10 heteroatoms. The molecule has 0 aliphatic carbocycles. The van der Waals surface area contributed by atoms with Crippen molar-refractivity contribution in [2.45, 2.75) is 58.7 Å². The maximum absolute atomic E-state index is 12.8. The van der Waals surface area contributed by atoms with Gasteiger partial charge in [-0.05, 0) is 24.7 Å². The van der Waals surface area contributed by atoms with Gasteiger partial charge in [0.25, 0.3) is 0 Å². The second-order valence-corrected chi connectivity index (χ2v) is 7.88. The first-order valence-corrected chi connectivity index (χ1v) is 9.94. The summed E-state index contributed by atoms with van der Waals surface area (Å²) in [6.07, 6.45) is 2.12. The minimum atomic E-state index is -0.820. The van der Waals surface area contributed by atoms with Gasteiger partial charge in [0.05, 0.1) is 19.1 Å². The van der Waals surface area contributed by atoms with Gasteiger partial charge in [0.2, 0.25) is 23.6 Å². The van der Waals surface area contributed by atoms with Crippen molar-refractivity contribution in [2.24, 2.45) is 17.6 Å². The molecular formula is C19H33N5O5. The van der Waals surface area contributed by atoms with Crippen LogP contribution in [0, 0.1) is 11.8 Å². The van der Waals surface area contributed by atoms with Crippen molar-refractivity contribution < 1.29 is 24.0 Å². The van der Waals surface area contributed by atoms with E-state index in [1.165, 1.54) is 4.90 Å². The Morgan fingerprint density at radius 3 is 2.14 bits per heavy atom. The highest BCUT2D eigenvalue weighted by atomic mass is 16.2. The number of nitrogens with zero attached hydrogens (tertiary/aromatic N) is 1. The second-order valence-electron chi connectivity index (χ2n) is 7.88. The van der Waals surface area contributed by atoms with Crippen LogP contribution in [-0.2, 0) is 24.0 Å². The van der Waals surface area contributed by atoms with E-state index in [0.29, 0.717) is 13.0 Å². The van der Waals surface area contributed by atoms with Crippen LogP contribution in [0.25, 0.3) is 0 Å². The molecule has 164 valence electrons. The lowest BCUT2D eigenvalue weighted by Crippen LogP contribution is -2.56. The third kappa shape index (κ3) is 7.12. The molecule has 0 aromatic rings. The molecule has 1 aliphatic heterocycles. The molecule has 0 aromatic heterocycles. The summed E-state index contributed by atoms with van der Waals surface area (Å²) in [6.45, 7) is 7.01. The summed E-state index contributed by atoms with van der Waals surface area (Å²) in [5.41, 5.74) is 5.26. The molecule has 1 aliphatic rings. The molecule has 0 bridgehead atoms. The van der Waals surface area contributed by atoms with Crippen molar-refractivity contribution >= 4 is 29.9 Å². The van der Waals surface area contributed by atoms with Gasteiger partial charge in [-0.3, -0.25) is 19.2 Å². The topological polar surface area (TPSA) is 151 Å². The van der Waals surface area contributed by atoms with Crippen LogP contribution in [0.3, 0.4) is 0 Å². The number of hydrogen-bond acceptors (Lipinski definition) is 6. The summed E-state index contributed by atoms with van der Waals surface area (Å²) in [5, 5.41) is 7.64. The number of nitrogens with two attached hydrogens (primary N) is 1. The first-order chi connectivity index (χ1) is 13.6. The molecule has 4 amide bonds. The average Bonchev–Trinajstić information content (AvgIpc) is 3.15. The van der Waals surface area contributed by atoms with Crippen molar-refractivity contribution in [1.82, 2.24) is 20.9 Å². The average molecular weight is 412 g/mol. The second kappa shape index (κ2) is 11.5. The molecule has 3 unspecified atom stereocenters. The molecule has 0 saturated carbocycles. The normalized spacial score (nSPS) is 18.3. The lowest BCUT2D eigenvalue weighted by molar-refractivity contribution is -0.140. The smallest absolute Gasteiger partial charge is 0.246 e. The highest BCUT2D eigenvalue weighted by molar-refractivity contribution is 5.93. The molecule has 0 spiro atoms. The van der Waals surface area contributed by atoms with Gasteiger partial charge >= 0.3 is 0 Å². The monoisotopic (exact) mass is 411 g/mol. The molecule has 0 aromatic carbocycles. The zero-order chi connectivity index (χ0) is 22.1. The summed E-state index contributed by atoms with van der Waals surface area (Å²) < 4.78 is 0. The fraction of sp³-hybridized carbons (Fsp3) is 0.737. The van der Waals surface area contributed by atoms with Crippen LogP contribution in [-0.4, -0.2) is 72.6 Å². The van der Waals surface area contributed by atoms with E-state index in [2.05, 4.69) is 16.0 Å². The lowest BCUT2D eigenvalue weighted by atomic mass is 10.0. The maximum atomic E-state index is 12.8. The van der Waals surface area contributed by atoms with Crippen molar-refractivity contribution in [3.8, 4) is 0 Å². The fourth-order valence-corrected chi connectivity index (χ4v) is 3.17. The van der Waals surface area contributed by atoms with Crippen LogP contribution in [0.15, 0.2) is 0 Å². The SMILES string of the molecule is CC(C)C(NC(=O)CN)C(=O)NCC(=O)NC(C(=O)N1CCCC1C=O)C(C)C. The van der Waals surface area contributed by atoms with Crippen LogP contribution in [0.2, 0.25) is 0 Å². The van der Waals surface area contributed by atoms with E-state index in [1.54, 1.807) is 27.7 Å². The predicted octanol–water partition coefficient (Wildman–Crippen LogP) is -1.47. The molecule has 0 radical (unpaired) electrons. The third-order valence-electron chi connectivity index (χ3n) is 4.86. The molecular weight excluding hydrogens is 378 g/mol. The van der Waals surface area contributed by atoms with Crippen LogP contribution in [0.4, 0.5) is 0 Å². The van der Waals surface area contributed by atoms with Crippen molar-refractivity contribution in [3.05, 3.63) is 0 Å². The van der Waals surface area contributed by atoms with Gasteiger partial charge in [-0.25, -0.2) is 0 Å². The number of aldehydes is 1. The van der Waals surface area contributed by atoms with E-state index < -0.39 is 35.8 Å². The van der Waals surface area contributed by atoms with Crippen LogP contribution in [0.5, 0.6) is 0 Å². The van der Waals surface area contributed by atoms with Crippen LogP contribution < -0.4 is 21.7 Å². The van der Waals surface area contributed by atoms with Crippen molar-refractivity contribution in [3.63, 3.8) is 0 Å². The first-order valence-electron chi connectivity index (χ1n) is 9.94. The van der Waals surface area contributed by atoms with Crippen molar-refractivity contribution in [2.75, 3.05) is 19.6 Å². The van der Waals surface area contributed by atoms with E-state index in [4.69, 9.17) is 5.73 Å². The molecule has 29 heavy (non-hydrogen) atoms. The Morgan fingerprint density at radius 1 is 1.03 bits per heavy atom. The van der Waals surface area contributed by atoms with Gasteiger partial charge in [0, 0.05) is 6.54 Å². The summed E-state index contributed by atoms with van der Waals surface area (Å²) in [4.78, 5) is 61.6. The van der Waals surface area contributed by atoms with Gasteiger partial charge in [-0.1, -0.05) is 27.7 Å². The summed E-state index contributed by atoms with van der Waals surface area (Å²) >= 11 is 0. The Morgan fingerprint density at radius 2 is 1.62 bits per heavy atom. The molecule has 1 rings (SSSR count). The van der Waals surface area contributed by atoms with Gasteiger partial charge in [0.15, 0.2) is 0 Å². The number of rotatable bonds is 10. The number of carbonyl (C=O) groups excluding carboxylic acids is 5. The van der Waals surface area contributed by atoms with E-state index in [1.807, 2.05) is 0 Å². The molecule has 1 fully saturated rings. The van der Waals surface area contributed by atoms with E-state index >= 15 is 0 Å². The standard InChI is InChI=1S/C19H33N5O5/c1-11(2)16(22-14(26)8-20)18(28)21-9-15(27)23-17(12(3)4)19(29)24-7-5-6-13(24)10-25/h10-13,16-17H,5-9,20H2,1-4H3,(H,21,28)(H,22,26)(H,23,27). The van der Waals surface area contributed by atoms with E-state index in [-0.39, 0.29) is 30.8 Å². The fourth-order valence-electron chi connectivity index (χ4n) is 3.17. The maximum Gasteiger partial charge on any atom is 0.246 e. The summed E-state index contributed by atoms with van der Waals surface area (Å²) in [5.74, 6) is -2.20. The number of hydrogen-bond donors (Lipinski definition) is 4. The highest BCUT2D eigenvalue weighted by Crippen LogP contribution is 2.18. The lowest BCUT2D eigenvalue weighted by Gasteiger charge is -2.29. The number of nitrogens with one attached hydrogen (secondary N) is 3. The largest absolute Gasteiger partial charge is 0.345 e. The minimum absolute atomic E-state index is 0.192. The zero-order valence-electron chi connectivity index (χ0n) is 17.6. The van der Waals surface area contributed by atoms with Crippen LogP contribution in [0.1, 0.15) is 40.5 Å². The summed E-state index contributed by atoms with van der Waals surface area (Å²) in [6, 6.07) is -2.07. The Labute approximate surface area is 171 Å². The van der Waals surface area contributed by atoms with Crippen LogP contribution >= 0.6 is 0 Å². The third-order valence-corrected chi connectivity index (χ3v) is 4.86. The highest BCUT2D eigenvalue weighted by Gasteiger charge is 2.35. The first kappa shape index (κ1) is 24.5. The summed E-state index contributed by atoms with van der Waals surface area (Å²) in [7, 11) is 0. The number of carbonyl (C=O) groups is 5. The molecule has 3 atom stereocenters. The quantitative estimate of drug-likeness (QED) is 0.322. The minimum Gasteiger partial charge on any atom is -0.345 e. The van der Waals surface area contributed by atoms with Gasteiger partial charge in [-0.15, -0.1) is 0 Å². The van der Waals surface area contributed by atoms with E-state index in [0.717, 1.165) is 12.7 Å². The Balaban J connectivity index is 2.67. The van der Waals surface area contributed by atoms with Gasteiger partial charge in [-0.2, -0.15) is 0 Å². The molecule has 1 saturated heterocycles. The molecule has 5 N–H and O–H groups in total. The van der Waals surface area contributed by atoms with Crippen molar-refractivity contribution in [1.29, 1.82) is 0 Å². The van der Waals surface area contributed by atoms with E-state index in [9.17, 15) is 24.0 Å². The van der Waals surface area contributed by atoms with Gasteiger partial charge < -0.3 is 31.4 Å². The Hall–Kier alpha value is -2.49.